The summed E-state index contributed by atoms with van der Waals surface area (Å²) in [6, 6.07) is 51.6. The Morgan fingerprint density at radius 1 is 0.381 bits per heavy atom. The van der Waals surface area contributed by atoms with Gasteiger partial charge in [-0.15, -0.1) is 10.2 Å². The van der Waals surface area contributed by atoms with Gasteiger partial charge in [0.1, 0.15) is 0 Å². The lowest BCUT2D eigenvalue weighted by Crippen LogP contribution is -1.95. The molecule has 0 aliphatic carbocycles. The summed E-state index contributed by atoms with van der Waals surface area (Å²) in [6.45, 7) is 0. The number of nitrogens with zero attached hydrogens (tertiary/aromatic N) is 4. The SMILES string of the molecule is c1cc(-c2cccc(-n3c4ccccc4c4ccccc43)c2)cc(-c2nnc3c4ccccc4c4ccccc4n23)c1. The van der Waals surface area contributed by atoms with Crippen molar-refractivity contribution in [3.63, 3.8) is 0 Å². The van der Waals surface area contributed by atoms with Crippen LogP contribution in [0.3, 0.4) is 0 Å². The van der Waals surface area contributed by atoms with Crippen LogP contribution in [0.25, 0.3) is 77.3 Å². The first-order valence-electron chi connectivity index (χ1n) is 14.2. The summed E-state index contributed by atoms with van der Waals surface area (Å²) in [5.41, 5.74) is 8.85. The normalized spacial score (nSPS) is 11.8. The van der Waals surface area contributed by atoms with Gasteiger partial charge in [-0.1, -0.05) is 109 Å². The quantitative estimate of drug-likeness (QED) is 0.211. The fraction of sp³-hybridized carbons (Fsp3) is 0. The average molecular weight is 537 g/mol. The second kappa shape index (κ2) is 8.88. The molecule has 0 unspecified atom stereocenters. The molecule has 4 nitrogen and oxygen atoms in total. The molecule has 0 spiro atoms. The van der Waals surface area contributed by atoms with Gasteiger partial charge in [-0.25, -0.2) is 0 Å². The van der Waals surface area contributed by atoms with E-state index < -0.39 is 0 Å². The topological polar surface area (TPSA) is 35.1 Å². The molecule has 9 aromatic rings. The van der Waals surface area contributed by atoms with E-state index in [1.165, 1.54) is 32.6 Å². The monoisotopic (exact) mass is 536 g/mol. The van der Waals surface area contributed by atoms with E-state index in [0.717, 1.165) is 44.8 Å². The van der Waals surface area contributed by atoms with Gasteiger partial charge in [0.2, 0.25) is 0 Å². The number of aromatic nitrogens is 4. The van der Waals surface area contributed by atoms with Gasteiger partial charge in [-0.05, 0) is 52.9 Å². The van der Waals surface area contributed by atoms with Crippen molar-refractivity contribution in [2.75, 3.05) is 0 Å². The molecule has 6 aromatic carbocycles. The number of hydrogen-bond acceptors (Lipinski definition) is 2. The molecule has 0 atom stereocenters. The molecule has 9 rings (SSSR count). The molecular formula is C38H24N4. The van der Waals surface area contributed by atoms with Crippen molar-refractivity contribution in [1.82, 2.24) is 19.2 Å². The fourth-order valence-corrected chi connectivity index (χ4v) is 6.55. The van der Waals surface area contributed by atoms with Crippen LogP contribution in [0, 0.1) is 0 Å². The van der Waals surface area contributed by atoms with Crippen LogP contribution < -0.4 is 0 Å². The first kappa shape index (κ1) is 23.0. The molecule has 0 radical (unpaired) electrons. The Balaban J connectivity index is 1.23. The van der Waals surface area contributed by atoms with E-state index in [-0.39, 0.29) is 0 Å². The maximum absolute atomic E-state index is 4.74. The van der Waals surface area contributed by atoms with Crippen molar-refractivity contribution < 1.29 is 0 Å². The van der Waals surface area contributed by atoms with Crippen molar-refractivity contribution in [2.24, 2.45) is 0 Å². The molecular weight excluding hydrogens is 512 g/mol. The van der Waals surface area contributed by atoms with E-state index in [9.17, 15) is 0 Å². The van der Waals surface area contributed by atoms with E-state index in [0.29, 0.717) is 0 Å². The number of para-hydroxylation sites is 3. The van der Waals surface area contributed by atoms with E-state index >= 15 is 0 Å². The minimum Gasteiger partial charge on any atom is -0.309 e. The highest BCUT2D eigenvalue weighted by atomic mass is 15.2. The zero-order valence-electron chi connectivity index (χ0n) is 22.6. The van der Waals surface area contributed by atoms with Crippen LogP contribution in [0.2, 0.25) is 0 Å². The molecule has 4 heteroatoms. The average Bonchev–Trinajstić information content (AvgIpc) is 3.66. The molecule has 0 bridgehead atoms. The fourth-order valence-electron chi connectivity index (χ4n) is 6.55. The summed E-state index contributed by atoms with van der Waals surface area (Å²) >= 11 is 0. The first-order valence-corrected chi connectivity index (χ1v) is 14.2. The van der Waals surface area contributed by atoms with Gasteiger partial charge in [0.15, 0.2) is 11.5 Å². The number of rotatable bonds is 3. The van der Waals surface area contributed by atoms with Crippen LogP contribution in [-0.4, -0.2) is 19.2 Å². The van der Waals surface area contributed by atoms with E-state index in [1.807, 2.05) is 0 Å². The van der Waals surface area contributed by atoms with E-state index in [2.05, 4.69) is 155 Å². The molecule has 0 saturated heterocycles. The number of fused-ring (bicyclic) bond motifs is 9. The van der Waals surface area contributed by atoms with Crippen LogP contribution in [0.4, 0.5) is 0 Å². The Morgan fingerprint density at radius 3 is 1.62 bits per heavy atom. The second-order valence-corrected chi connectivity index (χ2v) is 10.7. The van der Waals surface area contributed by atoms with Gasteiger partial charge < -0.3 is 4.57 Å². The summed E-state index contributed by atoms with van der Waals surface area (Å²) in [7, 11) is 0. The number of hydrogen-bond donors (Lipinski definition) is 0. The summed E-state index contributed by atoms with van der Waals surface area (Å²) in [5, 5.41) is 15.4. The van der Waals surface area contributed by atoms with Gasteiger partial charge >= 0.3 is 0 Å². The molecule has 0 N–H and O–H groups in total. The smallest absolute Gasteiger partial charge is 0.169 e. The Morgan fingerprint density at radius 2 is 0.905 bits per heavy atom. The highest BCUT2D eigenvalue weighted by Crippen LogP contribution is 2.35. The number of pyridine rings is 1. The van der Waals surface area contributed by atoms with Gasteiger partial charge in [0.05, 0.1) is 16.6 Å². The van der Waals surface area contributed by atoms with Crippen molar-refractivity contribution in [3.8, 4) is 28.2 Å². The van der Waals surface area contributed by atoms with Crippen molar-refractivity contribution in [2.45, 2.75) is 0 Å². The third-order valence-corrected chi connectivity index (χ3v) is 8.40. The summed E-state index contributed by atoms with van der Waals surface area (Å²) in [4.78, 5) is 0. The Labute approximate surface area is 241 Å². The largest absolute Gasteiger partial charge is 0.309 e. The minimum absolute atomic E-state index is 0.840. The maximum Gasteiger partial charge on any atom is 0.169 e. The third-order valence-electron chi connectivity index (χ3n) is 8.40. The lowest BCUT2D eigenvalue weighted by atomic mass is 10.0. The molecule has 0 amide bonds. The molecule has 0 saturated carbocycles. The molecule has 0 aliphatic heterocycles. The zero-order chi connectivity index (χ0) is 27.6. The van der Waals surface area contributed by atoms with Crippen LogP contribution >= 0.6 is 0 Å². The minimum atomic E-state index is 0.840. The molecule has 0 fully saturated rings. The number of benzene rings is 6. The summed E-state index contributed by atoms with van der Waals surface area (Å²) in [6.07, 6.45) is 0. The van der Waals surface area contributed by atoms with Gasteiger partial charge in [-0.2, -0.15) is 0 Å². The van der Waals surface area contributed by atoms with Crippen LogP contribution in [0.5, 0.6) is 0 Å². The van der Waals surface area contributed by atoms with Crippen molar-refractivity contribution in [1.29, 1.82) is 0 Å². The van der Waals surface area contributed by atoms with E-state index in [4.69, 9.17) is 10.2 Å². The van der Waals surface area contributed by atoms with Crippen molar-refractivity contribution >= 4 is 49.1 Å². The molecule has 196 valence electrons. The van der Waals surface area contributed by atoms with Crippen LogP contribution in [0.1, 0.15) is 0 Å². The van der Waals surface area contributed by atoms with E-state index in [1.54, 1.807) is 0 Å². The highest BCUT2D eigenvalue weighted by Gasteiger charge is 2.16. The first-order chi connectivity index (χ1) is 20.8. The maximum atomic E-state index is 4.74. The standard InChI is InChI=1S/C38H24N4/c1-2-19-33-29(15-1)30-16-3-8-22-36(30)42-37(39-40-38(33)42)27-13-9-11-25(23-27)26-12-10-14-28(24-26)41-34-20-6-4-17-31(34)32-18-5-7-21-35(32)41/h1-24H. The summed E-state index contributed by atoms with van der Waals surface area (Å²) in [5.74, 6) is 0.840. The molecule has 42 heavy (non-hydrogen) atoms. The Hall–Kier alpha value is -5.74. The van der Waals surface area contributed by atoms with Crippen LogP contribution in [-0.2, 0) is 0 Å². The van der Waals surface area contributed by atoms with Crippen LogP contribution in [0.15, 0.2) is 146 Å². The predicted octanol–water partition coefficient (Wildman–Crippen LogP) is 9.47. The lowest BCUT2D eigenvalue weighted by Gasteiger charge is -2.12. The Kier molecular flexibility index (Phi) is 4.87. The molecule has 3 aromatic heterocycles. The molecule has 0 aliphatic rings. The van der Waals surface area contributed by atoms with Gasteiger partial charge in [0, 0.05) is 32.8 Å². The highest BCUT2D eigenvalue weighted by molar-refractivity contribution is 6.12. The van der Waals surface area contributed by atoms with Gasteiger partial charge in [-0.3, -0.25) is 4.40 Å². The lowest BCUT2D eigenvalue weighted by molar-refractivity contribution is 1.12. The third kappa shape index (κ3) is 3.29. The van der Waals surface area contributed by atoms with Gasteiger partial charge in [0.25, 0.3) is 0 Å². The predicted molar refractivity (Wildman–Crippen MR) is 173 cm³/mol. The van der Waals surface area contributed by atoms with Crippen molar-refractivity contribution in [3.05, 3.63) is 146 Å². The summed E-state index contributed by atoms with van der Waals surface area (Å²) < 4.78 is 4.56. The zero-order valence-corrected chi connectivity index (χ0v) is 22.6. The Bertz CT molecular complexity index is 2430. The second-order valence-electron chi connectivity index (χ2n) is 10.7. The molecule has 3 heterocycles.